The number of fused-ring (bicyclic) bond motifs is 1. The molecule has 0 saturated heterocycles. The molecule has 152 valence electrons. The number of pyridine rings is 1. The number of carbonyl (C=O) groups is 1. The van der Waals surface area contributed by atoms with Crippen LogP contribution in [0.3, 0.4) is 0 Å². The molecule has 3 rings (SSSR count). The van der Waals surface area contributed by atoms with E-state index in [4.69, 9.17) is 5.21 Å². The van der Waals surface area contributed by atoms with Crippen molar-refractivity contribution in [2.75, 3.05) is 6.26 Å². The van der Waals surface area contributed by atoms with Crippen LogP contribution in [0.5, 0.6) is 0 Å². The molecule has 1 amide bonds. The van der Waals surface area contributed by atoms with Gasteiger partial charge in [-0.05, 0) is 48.1 Å². The second kappa shape index (κ2) is 8.18. The number of benzene rings is 2. The first-order chi connectivity index (χ1) is 13.7. The van der Waals surface area contributed by atoms with Crippen LogP contribution in [-0.4, -0.2) is 35.6 Å². The average molecular weight is 414 g/mol. The van der Waals surface area contributed by atoms with Gasteiger partial charge in [-0.2, -0.15) is 0 Å². The molecule has 1 unspecified atom stereocenters. The minimum Gasteiger partial charge on any atom is -0.315 e. The van der Waals surface area contributed by atoms with Gasteiger partial charge in [0.05, 0.1) is 0 Å². The topological polar surface area (TPSA) is 105 Å². The number of amides is 1. The van der Waals surface area contributed by atoms with Crippen molar-refractivity contribution in [2.45, 2.75) is 25.1 Å². The van der Waals surface area contributed by atoms with Gasteiger partial charge in [0.15, 0.2) is 9.84 Å². The number of hydroxylamine groups is 1. The maximum absolute atomic E-state index is 12.8. The predicted octanol–water partition coefficient (Wildman–Crippen LogP) is 2.29. The van der Waals surface area contributed by atoms with Crippen molar-refractivity contribution in [1.29, 1.82) is 0 Å². The third kappa shape index (κ3) is 4.55. The van der Waals surface area contributed by atoms with Gasteiger partial charge in [-0.15, -0.1) is 0 Å². The molecule has 0 radical (unpaired) electrons. The van der Waals surface area contributed by atoms with E-state index in [0.29, 0.717) is 5.39 Å². The molecule has 2 N–H and O–H groups in total. The summed E-state index contributed by atoms with van der Waals surface area (Å²) in [4.78, 5) is 24.4. The first-order valence-corrected chi connectivity index (χ1v) is 11.0. The molecule has 7 nitrogen and oxygen atoms in total. The summed E-state index contributed by atoms with van der Waals surface area (Å²) in [5.74, 6) is -1.01. The molecule has 0 aliphatic heterocycles. The van der Waals surface area contributed by atoms with Gasteiger partial charge in [0, 0.05) is 24.4 Å². The monoisotopic (exact) mass is 414 g/mol. The highest BCUT2D eigenvalue weighted by Gasteiger charge is 2.28. The van der Waals surface area contributed by atoms with Crippen molar-refractivity contribution in [3.63, 3.8) is 0 Å². The molecule has 1 heterocycles. The van der Waals surface area contributed by atoms with Crippen LogP contribution < -0.4 is 11.0 Å². The Labute approximate surface area is 168 Å². The molecule has 0 bridgehead atoms. The maximum Gasteiger partial charge on any atom is 0.261 e. The number of nitrogens with zero attached hydrogens (tertiary/aromatic N) is 1. The molecule has 1 atom stereocenters. The van der Waals surface area contributed by atoms with E-state index in [-0.39, 0.29) is 18.5 Å². The number of carbonyl (C=O) groups excluding carboxylic acids is 1. The summed E-state index contributed by atoms with van der Waals surface area (Å²) in [6.07, 6.45) is 2.38. The van der Waals surface area contributed by atoms with Gasteiger partial charge in [0.25, 0.3) is 11.5 Å². The number of aromatic nitrogens is 1. The lowest BCUT2D eigenvalue weighted by Crippen LogP contribution is -2.39. The molecule has 29 heavy (non-hydrogen) atoms. The average Bonchev–Trinajstić information content (AvgIpc) is 2.68. The van der Waals surface area contributed by atoms with Crippen LogP contribution in [0.15, 0.2) is 59.5 Å². The standard InChI is InChI=1S/C21H22N2O5S/c1-14-3-5-15(6-4-14)16-7-8-18-17(13-16)9-11-23(21(18)25)12-10-19(20(24)22-26)29(2,27)28/h3-9,11,13,19,26H,10,12H2,1-2H3,(H,22,24). The Bertz CT molecular complexity index is 1210. The van der Waals surface area contributed by atoms with Crippen molar-refractivity contribution < 1.29 is 18.4 Å². The Morgan fingerprint density at radius 2 is 1.76 bits per heavy atom. The Morgan fingerprint density at radius 3 is 2.38 bits per heavy atom. The highest BCUT2D eigenvalue weighted by Crippen LogP contribution is 2.23. The van der Waals surface area contributed by atoms with Gasteiger partial charge in [0.1, 0.15) is 5.25 Å². The highest BCUT2D eigenvalue weighted by molar-refractivity contribution is 7.92. The molecule has 2 aromatic carbocycles. The summed E-state index contributed by atoms with van der Waals surface area (Å²) >= 11 is 0. The predicted molar refractivity (Wildman–Crippen MR) is 112 cm³/mol. The molecular formula is C21H22N2O5S. The molecule has 3 aromatic rings. The van der Waals surface area contributed by atoms with Gasteiger partial charge in [-0.1, -0.05) is 35.9 Å². The lowest BCUT2D eigenvalue weighted by molar-refractivity contribution is -0.128. The van der Waals surface area contributed by atoms with Crippen LogP contribution in [0.2, 0.25) is 0 Å². The normalized spacial score (nSPS) is 12.7. The smallest absolute Gasteiger partial charge is 0.261 e. The number of aryl methyl sites for hydroxylation is 2. The zero-order valence-corrected chi connectivity index (χ0v) is 16.9. The van der Waals surface area contributed by atoms with Gasteiger partial charge < -0.3 is 4.57 Å². The number of sulfone groups is 1. The SMILES string of the molecule is Cc1ccc(-c2ccc3c(=O)n(CCC(C(=O)NO)S(C)(=O)=O)ccc3c2)cc1. The second-order valence-electron chi connectivity index (χ2n) is 7.07. The Balaban J connectivity index is 1.90. The summed E-state index contributed by atoms with van der Waals surface area (Å²) in [5, 5.41) is 8.61. The first-order valence-electron chi connectivity index (χ1n) is 9.04. The molecule has 1 aromatic heterocycles. The Morgan fingerprint density at radius 1 is 1.10 bits per heavy atom. The minimum absolute atomic E-state index is 0.0274. The third-order valence-corrected chi connectivity index (χ3v) is 6.40. The fourth-order valence-electron chi connectivity index (χ4n) is 3.26. The second-order valence-corrected chi connectivity index (χ2v) is 9.29. The van der Waals surface area contributed by atoms with Crippen LogP contribution in [0.4, 0.5) is 0 Å². The number of rotatable bonds is 6. The molecular weight excluding hydrogens is 392 g/mol. The lowest BCUT2D eigenvalue weighted by atomic mass is 10.0. The van der Waals surface area contributed by atoms with E-state index in [0.717, 1.165) is 22.8 Å². The number of nitrogens with one attached hydrogen (secondary N) is 1. The van der Waals surface area contributed by atoms with Crippen molar-refractivity contribution in [2.24, 2.45) is 0 Å². The fraction of sp³-hybridized carbons (Fsp3) is 0.238. The summed E-state index contributed by atoms with van der Waals surface area (Å²) in [6, 6.07) is 15.4. The van der Waals surface area contributed by atoms with E-state index in [1.807, 2.05) is 43.3 Å². The van der Waals surface area contributed by atoms with Crippen LogP contribution in [0, 0.1) is 6.92 Å². The fourth-order valence-corrected chi connectivity index (χ4v) is 4.23. The number of hydrogen-bond acceptors (Lipinski definition) is 5. The highest BCUT2D eigenvalue weighted by atomic mass is 32.2. The summed E-state index contributed by atoms with van der Waals surface area (Å²) in [7, 11) is -3.73. The molecule has 0 aliphatic carbocycles. The van der Waals surface area contributed by atoms with Crippen molar-refractivity contribution >= 4 is 26.5 Å². The van der Waals surface area contributed by atoms with Crippen molar-refractivity contribution in [1.82, 2.24) is 10.0 Å². The van der Waals surface area contributed by atoms with E-state index in [1.165, 1.54) is 15.6 Å². The van der Waals surface area contributed by atoms with Gasteiger partial charge >= 0.3 is 0 Å². The van der Waals surface area contributed by atoms with Gasteiger partial charge in [0.2, 0.25) is 0 Å². The molecule has 0 aliphatic rings. The maximum atomic E-state index is 12.8. The van der Waals surface area contributed by atoms with Crippen LogP contribution in [-0.2, 0) is 21.2 Å². The summed E-state index contributed by atoms with van der Waals surface area (Å²) in [5.41, 5.74) is 4.31. The van der Waals surface area contributed by atoms with Crippen LogP contribution >= 0.6 is 0 Å². The molecule has 0 saturated carbocycles. The summed E-state index contributed by atoms with van der Waals surface area (Å²) < 4.78 is 24.9. The number of hydrogen-bond donors (Lipinski definition) is 2. The zero-order chi connectivity index (χ0) is 21.2. The van der Waals surface area contributed by atoms with Gasteiger partial charge in [-0.3, -0.25) is 14.8 Å². The van der Waals surface area contributed by atoms with E-state index < -0.39 is 21.0 Å². The molecule has 0 spiro atoms. The van der Waals surface area contributed by atoms with Crippen LogP contribution in [0.1, 0.15) is 12.0 Å². The Kier molecular flexibility index (Phi) is 5.86. The third-order valence-electron chi connectivity index (χ3n) is 4.91. The minimum atomic E-state index is -3.73. The van der Waals surface area contributed by atoms with Gasteiger partial charge in [-0.25, -0.2) is 13.9 Å². The van der Waals surface area contributed by atoms with Crippen molar-refractivity contribution in [3.05, 3.63) is 70.6 Å². The van der Waals surface area contributed by atoms with E-state index >= 15 is 0 Å². The Hall–Kier alpha value is -2.97. The van der Waals surface area contributed by atoms with E-state index in [1.54, 1.807) is 18.3 Å². The molecule has 8 heteroatoms. The quantitative estimate of drug-likeness (QED) is 0.476. The first kappa shape index (κ1) is 20.8. The molecule has 0 fully saturated rings. The van der Waals surface area contributed by atoms with E-state index in [9.17, 15) is 18.0 Å². The van der Waals surface area contributed by atoms with Crippen molar-refractivity contribution in [3.8, 4) is 11.1 Å². The zero-order valence-electron chi connectivity index (χ0n) is 16.1. The van der Waals surface area contributed by atoms with E-state index in [2.05, 4.69) is 0 Å². The largest absolute Gasteiger partial charge is 0.315 e. The van der Waals surface area contributed by atoms with Crippen LogP contribution in [0.25, 0.3) is 21.9 Å². The lowest BCUT2D eigenvalue weighted by Gasteiger charge is -2.14. The summed E-state index contributed by atoms with van der Waals surface area (Å²) in [6.45, 7) is 2.05.